The number of rotatable bonds is 3. The Morgan fingerprint density at radius 3 is 2.12 bits per heavy atom. The molecule has 34 heavy (non-hydrogen) atoms. The van der Waals surface area contributed by atoms with Gasteiger partial charge in [0.05, 0.1) is 11.4 Å². The summed E-state index contributed by atoms with van der Waals surface area (Å²) in [7, 11) is 0. The molecule has 0 radical (unpaired) electrons. The maximum absolute atomic E-state index is 6.99. The fraction of sp³-hybridized carbons (Fsp3) is 0.103. The fourth-order valence-electron chi connectivity index (χ4n) is 4.87. The number of hydrogen-bond acceptors (Lipinski definition) is 5. The van der Waals surface area contributed by atoms with Gasteiger partial charge in [0.2, 0.25) is 5.90 Å². The van der Waals surface area contributed by atoms with Crippen LogP contribution in [0.1, 0.15) is 32.8 Å². The van der Waals surface area contributed by atoms with E-state index in [4.69, 9.17) is 20.4 Å². The van der Waals surface area contributed by atoms with Crippen LogP contribution in [-0.4, -0.2) is 10.9 Å². The number of nitrogen functional groups attached to an aromatic ring is 1. The van der Waals surface area contributed by atoms with Gasteiger partial charge in [0.25, 0.3) is 0 Å². The van der Waals surface area contributed by atoms with E-state index in [0.29, 0.717) is 11.6 Å². The summed E-state index contributed by atoms with van der Waals surface area (Å²) in [5.74, 6) is 0.518. The van der Waals surface area contributed by atoms with Crippen molar-refractivity contribution in [1.82, 2.24) is 4.98 Å². The molecule has 0 saturated carbocycles. The van der Waals surface area contributed by atoms with Crippen molar-refractivity contribution in [3.05, 3.63) is 124 Å². The lowest BCUT2D eigenvalue weighted by atomic mass is 9.78. The molecule has 166 valence electrons. The summed E-state index contributed by atoms with van der Waals surface area (Å²) in [4.78, 5) is 11.4. The predicted molar refractivity (Wildman–Crippen MR) is 140 cm³/mol. The van der Waals surface area contributed by atoms with Crippen LogP contribution < -0.4 is 5.73 Å². The quantitative estimate of drug-likeness (QED) is 0.318. The highest BCUT2D eigenvalue weighted by Gasteiger charge is 2.44. The van der Waals surface area contributed by atoms with Crippen molar-refractivity contribution < 1.29 is 4.74 Å². The number of para-hydroxylation sites is 1. The summed E-state index contributed by atoms with van der Waals surface area (Å²) in [6.45, 7) is 4.07. The Morgan fingerprint density at radius 1 is 0.824 bits per heavy atom. The molecule has 0 bridgehead atoms. The summed E-state index contributed by atoms with van der Waals surface area (Å²) in [5, 5.41) is 0.973. The molecule has 0 amide bonds. The van der Waals surface area contributed by atoms with E-state index in [2.05, 4.69) is 43.3 Å². The first-order valence-corrected chi connectivity index (χ1v) is 12.0. The van der Waals surface area contributed by atoms with E-state index in [0.717, 1.165) is 48.7 Å². The average Bonchev–Trinajstić information content (AvgIpc) is 3.20. The molecule has 3 aromatic carbocycles. The van der Waals surface area contributed by atoms with Gasteiger partial charge in [-0.3, -0.25) is 0 Å². The van der Waals surface area contributed by atoms with Gasteiger partial charge in [-0.1, -0.05) is 78.9 Å². The Bertz CT molecular complexity index is 1520. The molecular formula is C29H23N3OS. The third-order valence-corrected chi connectivity index (χ3v) is 7.42. The van der Waals surface area contributed by atoms with Crippen LogP contribution in [0.2, 0.25) is 0 Å². The largest absolute Gasteiger partial charge is 0.455 e. The second kappa shape index (κ2) is 7.82. The maximum Gasteiger partial charge on any atom is 0.235 e. The van der Waals surface area contributed by atoms with Crippen LogP contribution in [0.25, 0.3) is 10.2 Å². The third-order valence-electron chi connectivity index (χ3n) is 6.33. The first-order chi connectivity index (χ1) is 16.6. The molecular weight excluding hydrogens is 438 g/mol. The lowest BCUT2D eigenvalue weighted by Gasteiger charge is -2.39. The van der Waals surface area contributed by atoms with Crippen molar-refractivity contribution in [3.8, 4) is 0 Å². The van der Waals surface area contributed by atoms with Gasteiger partial charge in [0.1, 0.15) is 9.71 Å². The van der Waals surface area contributed by atoms with Gasteiger partial charge in [-0.15, -0.1) is 11.3 Å². The number of aromatic nitrogens is 1. The number of anilines is 1. The van der Waals surface area contributed by atoms with E-state index in [1.165, 1.54) is 11.3 Å². The van der Waals surface area contributed by atoms with Crippen molar-refractivity contribution in [3.63, 3.8) is 0 Å². The summed E-state index contributed by atoms with van der Waals surface area (Å²) in [6.07, 6.45) is 0. The van der Waals surface area contributed by atoms with Crippen molar-refractivity contribution in [2.45, 2.75) is 19.4 Å². The number of nitrogens with two attached hydrogens (primary N) is 1. The molecule has 0 saturated heterocycles. The standard InChI is InChI=1S/C29H23N3OS/c1-18-17-19(2)31-28-24(18)25(30)26(34-28)27-32-23-16-10-9-15-22(23)29(33-27,20-11-5-3-6-12-20)21-13-7-4-8-14-21/h3-17H,30H2,1-2H3. The zero-order valence-electron chi connectivity index (χ0n) is 18.9. The lowest BCUT2D eigenvalue weighted by Crippen LogP contribution is -2.37. The molecule has 0 aliphatic carbocycles. The molecule has 3 heterocycles. The van der Waals surface area contributed by atoms with Gasteiger partial charge < -0.3 is 10.5 Å². The predicted octanol–water partition coefficient (Wildman–Crippen LogP) is 6.90. The Labute approximate surface area is 202 Å². The minimum atomic E-state index is -0.864. The molecule has 0 fully saturated rings. The number of hydrogen-bond donors (Lipinski definition) is 1. The van der Waals surface area contributed by atoms with Crippen LogP contribution in [0, 0.1) is 13.8 Å². The monoisotopic (exact) mass is 461 g/mol. The van der Waals surface area contributed by atoms with Gasteiger partial charge in [0, 0.05) is 27.8 Å². The summed E-state index contributed by atoms with van der Waals surface area (Å²) in [6, 6.07) is 30.9. The van der Waals surface area contributed by atoms with Gasteiger partial charge in [0.15, 0.2) is 5.60 Å². The van der Waals surface area contributed by atoms with Gasteiger partial charge >= 0.3 is 0 Å². The smallest absolute Gasteiger partial charge is 0.235 e. The fourth-order valence-corrected chi connectivity index (χ4v) is 6.01. The highest BCUT2D eigenvalue weighted by atomic mass is 32.1. The molecule has 2 N–H and O–H groups in total. The van der Waals surface area contributed by atoms with Crippen molar-refractivity contribution in [1.29, 1.82) is 0 Å². The number of benzene rings is 3. The van der Waals surface area contributed by atoms with Crippen LogP contribution in [0.15, 0.2) is 96.0 Å². The lowest BCUT2D eigenvalue weighted by molar-refractivity contribution is 0.138. The zero-order valence-corrected chi connectivity index (χ0v) is 19.8. The topological polar surface area (TPSA) is 60.5 Å². The van der Waals surface area contributed by atoms with Gasteiger partial charge in [-0.25, -0.2) is 9.98 Å². The minimum absolute atomic E-state index is 0.518. The molecule has 1 aliphatic heterocycles. The number of thiophene rings is 1. The summed E-state index contributed by atoms with van der Waals surface area (Å²) < 4.78 is 6.99. The number of ether oxygens (including phenoxy) is 1. The van der Waals surface area contributed by atoms with Crippen LogP contribution in [-0.2, 0) is 10.3 Å². The maximum atomic E-state index is 6.99. The first kappa shape index (κ1) is 20.6. The minimum Gasteiger partial charge on any atom is -0.455 e. The molecule has 1 aliphatic rings. The van der Waals surface area contributed by atoms with Gasteiger partial charge in [-0.2, -0.15) is 0 Å². The highest BCUT2D eigenvalue weighted by Crippen LogP contribution is 2.49. The number of nitrogens with zero attached hydrogens (tertiary/aromatic N) is 2. The van der Waals surface area contributed by atoms with E-state index in [-0.39, 0.29) is 0 Å². The highest BCUT2D eigenvalue weighted by molar-refractivity contribution is 7.21. The molecule has 4 nitrogen and oxygen atoms in total. The molecule has 0 atom stereocenters. The van der Waals surface area contributed by atoms with Crippen molar-refractivity contribution in [2.24, 2.45) is 4.99 Å². The average molecular weight is 462 g/mol. The number of fused-ring (bicyclic) bond motifs is 2. The molecule has 6 rings (SSSR count). The van der Waals surface area contributed by atoms with Crippen LogP contribution in [0.5, 0.6) is 0 Å². The Balaban J connectivity index is 1.65. The molecule has 2 aromatic heterocycles. The Kier molecular flexibility index (Phi) is 4.74. The first-order valence-electron chi connectivity index (χ1n) is 11.2. The van der Waals surface area contributed by atoms with E-state index >= 15 is 0 Å². The normalized spacial score (nSPS) is 14.4. The van der Waals surface area contributed by atoms with Crippen LogP contribution >= 0.6 is 11.3 Å². The molecule has 5 heteroatoms. The van der Waals surface area contributed by atoms with Crippen molar-refractivity contribution in [2.75, 3.05) is 5.73 Å². The second-order valence-electron chi connectivity index (χ2n) is 8.55. The Hall–Kier alpha value is -3.96. The second-order valence-corrected chi connectivity index (χ2v) is 9.55. The number of pyridine rings is 1. The number of aryl methyl sites for hydroxylation is 2. The van der Waals surface area contributed by atoms with E-state index in [1.54, 1.807) is 0 Å². The molecule has 0 unspecified atom stereocenters. The molecule has 0 spiro atoms. The van der Waals surface area contributed by atoms with E-state index < -0.39 is 5.60 Å². The van der Waals surface area contributed by atoms with E-state index in [1.807, 2.05) is 61.5 Å². The van der Waals surface area contributed by atoms with Crippen molar-refractivity contribution >= 4 is 38.8 Å². The summed E-state index contributed by atoms with van der Waals surface area (Å²) >= 11 is 1.53. The molecule has 5 aromatic rings. The SMILES string of the molecule is Cc1cc(C)c2c(N)c(C3=Nc4ccccc4C(c4ccccc4)(c4ccccc4)O3)sc2n1. The van der Waals surface area contributed by atoms with Crippen LogP contribution in [0.4, 0.5) is 11.4 Å². The Morgan fingerprint density at radius 2 is 1.44 bits per heavy atom. The zero-order chi connectivity index (χ0) is 23.3. The summed E-state index contributed by atoms with van der Waals surface area (Å²) in [5.41, 5.74) is 12.5. The third kappa shape index (κ3) is 3.05. The van der Waals surface area contributed by atoms with Crippen LogP contribution in [0.3, 0.4) is 0 Å². The van der Waals surface area contributed by atoms with E-state index in [9.17, 15) is 0 Å². The van der Waals surface area contributed by atoms with Gasteiger partial charge in [-0.05, 0) is 31.5 Å². The number of aliphatic imine (C=N–C) groups is 1.